The van der Waals surface area contributed by atoms with Crippen molar-refractivity contribution in [3.05, 3.63) is 72.1 Å². The van der Waals surface area contributed by atoms with Gasteiger partial charge in [0.15, 0.2) is 17.8 Å². The number of alkyl halides is 1. The fourth-order valence-electron chi connectivity index (χ4n) is 4.33. The number of anilines is 2. The van der Waals surface area contributed by atoms with Gasteiger partial charge in [0.25, 0.3) is 0 Å². The van der Waals surface area contributed by atoms with Gasteiger partial charge in [0.1, 0.15) is 17.2 Å². The standard InChI is InChI=1S/C23H20FN7/c24-19-10-12-30(29-19)20-9-8-18-23(28-20)31(16-7-6-14-3-1-4-15(14)13-16)22(27-18)17-5-2-11-26-21(17)25/h2,5-13,19,29H,1,3-4H2,(H2,25,26). The smallest absolute Gasteiger partial charge is 0.188 e. The van der Waals surface area contributed by atoms with Crippen molar-refractivity contribution in [1.29, 1.82) is 0 Å². The molecule has 3 aromatic heterocycles. The van der Waals surface area contributed by atoms with E-state index in [1.54, 1.807) is 17.4 Å². The Morgan fingerprint density at radius 2 is 1.97 bits per heavy atom. The predicted molar refractivity (Wildman–Crippen MR) is 118 cm³/mol. The number of hydrogen-bond acceptors (Lipinski definition) is 6. The molecule has 6 rings (SSSR count). The van der Waals surface area contributed by atoms with Crippen LogP contribution in [0.25, 0.3) is 28.2 Å². The summed E-state index contributed by atoms with van der Waals surface area (Å²) in [6, 6.07) is 13.9. The summed E-state index contributed by atoms with van der Waals surface area (Å²) >= 11 is 0. The highest BCUT2D eigenvalue weighted by Crippen LogP contribution is 2.33. The molecule has 154 valence electrons. The monoisotopic (exact) mass is 413 g/mol. The van der Waals surface area contributed by atoms with Crippen molar-refractivity contribution in [3.8, 4) is 17.1 Å². The summed E-state index contributed by atoms with van der Waals surface area (Å²) in [6.07, 6.45) is 6.86. The van der Waals surface area contributed by atoms with E-state index in [1.807, 2.05) is 28.8 Å². The number of halogens is 1. The average Bonchev–Trinajstić information content (AvgIpc) is 3.50. The SMILES string of the molecule is Nc1ncccc1-c1nc2ccc(N3C=CC(F)N3)nc2n1-c1ccc2c(c1)CCC2. The summed E-state index contributed by atoms with van der Waals surface area (Å²) in [5.74, 6) is 1.67. The van der Waals surface area contributed by atoms with Crippen LogP contribution in [0.1, 0.15) is 17.5 Å². The quantitative estimate of drug-likeness (QED) is 0.499. The molecular weight excluding hydrogens is 393 g/mol. The number of benzene rings is 1. The first-order chi connectivity index (χ1) is 15.2. The van der Waals surface area contributed by atoms with Crippen molar-refractivity contribution in [2.45, 2.75) is 25.6 Å². The van der Waals surface area contributed by atoms with Gasteiger partial charge in [0.2, 0.25) is 0 Å². The first-order valence-electron chi connectivity index (χ1n) is 10.3. The maximum atomic E-state index is 13.6. The van der Waals surface area contributed by atoms with E-state index in [-0.39, 0.29) is 0 Å². The van der Waals surface area contributed by atoms with Gasteiger partial charge in [-0.2, -0.15) is 5.43 Å². The number of nitrogen functional groups attached to an aromatic ring is 1. The molecule has 0 radical (unpaired) electrons. The Morgan fingerprint density at radius 1 is 1.06 bits per heavy atom. The maximum Gasteiger partial charge on any atom is 0.188 e. The molecule has 31 heavy (non-hydrogen) atoms. The zero-order valence-electron chi connectivity index (χ0n) is 16.7. The number of fused-ring (bicyclic) bond motifs is 2. The number of nitrogens with one attached hydrogen (secondary N) is 1. The van der Waals surface area contributed by atoms with E-state index in [9.17, 15) is 4.39 Å². The number of rotatable bonds is 3. The summed E-state index contributed by atoms with van der Waals surface area (Å²) in [5.41, 5.74) is 14.8. The predicted octanol–water partition coefficient (Wildman–Crippen LogP) is 3.69. The van der Waals surface area contributed by atoms with Crippen LogP contribution in [0.5, 0.6) is 0 Å². The maximum absolute atomic E-state index is 13.6. The molecule has 4 heterocycles. The Kier molecular flexibility index (Phi) is 4.00. The molecule has 2 aliphatic rings. The second-order valence-electron chi connectivity index (χ2n) is 7.77. The Labute approximate surface area is 178 Å². The van der Waals surface area contributed by atoms with Gasteiger partial charge in [-0.25, -0.2) is 19.3 Å². The third-order valence-corrected chi connectivity index (χ3v) is 5.82. The lowest BCUT2D eigenvalue weighted by Crippen LogP contribution is -2.33. The average molecular weight is 413 g/mol. The fraction of sp³-hybridized carbons (Fsp3) is 0.174. The van der Waals surface area contributed by atoms with Crippen molar-refractivity contribution < 1.29 is 4.39 Å². The second-order valence-corrected chi connectivity index (χ2v) is 7.77. The number of aromatic nitrogens is 4. The van der Waals surface area contributed by atoms with E-state index in [1.165, 1.54) is 23.6 Å². The summed E-state index contributed by atoms with van der Waals surface area (Å²) in [5, 5.41) is 1.57. The normalized spacial score (nSPS) is 17.6. The van der Waals surface area contributed by atoms with E-state index < -0.39 is 6.30 Å². The lowest BCUT2D eigenvalue weighted by Gasteiger charge is -2.16. The molecular formula is C23H20FN7. The highest BCUT2D eigenvalue weighted by atomic mass is 19.1. The van der Waals surface area contributed by atoms with Crippen molar-refractivity contribution in [1.82, 2.24) is 24.9 Å². The number of nitrogens with two attached hydrogens (primary N) is 1. The molecule has 0 spiro atoms. The van der Waals surface area contributed by atoms with Gasteiger partial charge in [-0.05, 0) is 72.9 Å². The molecule has 0 bridgehead atoms. The first kappa shape index (κ1) is 18.0. The van der Waals surface area contributed by atoms with Crippen LogP contribution >= 0.6 is 0 Å². The lowest BCUT2D eigenvalue weighted by atomic mass is 10.1. The molecule has 4 aromatic rings. The van der Waals surface area contributed by atoms with Gasteiger partial charge in [-0.15, -0.1) is 0 Å². The van der Waals surface area contributed by atoms with Crippen LogP contribution in [0.2, 0.25) is 0 Å². The molecule has 0 fully saturated rings. The number of pyridine rings is 2. The summed E-state index contributed by atoms with van der Waals surface area (Å²) in [6.45, 7) is 0. The van der Waals surface area contributed by atoms with E-state index in [4.69, 9.17) is 15.7 Å². The van der Waals surface area contributed by atoms with Gasteiger partial charge in [-0.1, -0.05) is 6.07 Å². The largest absolute Gasteiger partial charge is 0.383 e. The summed E-state index contributed by atoms with van der Waals surface area (Å²) in [7, 11) is 0. The fourth-order valence-corrected chi connectivity index (χ4v) is 4.33. The third kappa shape index (κ3) is 2.95. The summed E-state index contributed by atoms with van der Waals surface area (Å²) in [4.78, 5) is 13.9. The lowest BCUT2D eigenvalue weighted by molar-refractivity contribution is 0.351. The highest BCUT2D eigenvalue weighted by molar-refractivity contribution is 5.84. The number of imidazole rings is 1. The van der Waals surface area contributed by atoms with Crippen molar-refractivity contribution >= 4 is 22.8 Å². The van der Waals surface area contributed by atoms with Crippen LogP contribution in [0.15, 0.2) is 60.9 Å². The molecule has 1 aliphatic heterocycles. The highest BCUT2D eigenvalue weighted by Gasteiger charge is 2.22. The first-order valence-corrected chi connectivity index (χ1v) is 10.3. The Morgan fingerprint density at radius 3 is 2.81 bits per heavy atom. The van der Waals surface area contributed by atoms with Crippen LogP contribution in [0.3, 0.4) is 0 Å². The van der Waals surface area contributed by atoms with Crippen LogP contribution in [0.4, 0.5) is 16.0 Å². The van der Waals surface area contributed by atoms with Crippen LogP contribution < -0.4 is 16.2 Å². The molecule has 1 aromatic carbocycles. The van der Waals surface area contributed by atoms with E-state index in [0.717, 1.165) is 29.6 Å². The molecule has 1 atom stereocenters. The zero-order valence-corrected chi connectivity index (χ0v) is 16.7. The topological polar surface area (TPSA) is 84.9 Å². The molecule has 8 heteroatoms. The summed E-state index contributed by atoms with van der Waals surface area (Å²) < 4.78 is 15.6. The minimum atomic E-state index is -1.23. The molecule has 7 nitrogen and oxygen atoms in total. The molecule has 1 unspecified atom stereocenters. The van der Waals surface area contributed by atoms with E-state index in [0.29, 0.717) is 23.1 Å². The van der Waals surface area contributed by atoms with Crippen LogP contribution in [-0.2, 0) is 12.8 Å². The van der Waals surface area contributed by atoms with Gasteiger partial charge in [-0.3, -0.25) is 9.58 Å². The molecule has 0 amide bonds. The minimum Gasteiger partial charge on any atom is -0.383 e. The van der Waals surface area contributed by atoms with Gasteiger partial charge in [0, 0.05) is 18.1 Å². The number of nitrogens with zero attached hydrogens (tertiary/aromatic N) is 5. The van der Waals surface area contributed by atoms with Crippen molar-refractivity contribution in [2.75, 3.05) is 10.7 Å². The van der Waals surface area contributed by atoms with Crippen molar-refractivity contribution in [3.63, 3.8) is 0 Å². The van der Waals surface area contributed by atoms with Gasteiger partial charge < -0.3 is 5.73 Å². The van der Waals surface area contributed by atoms with Gasteiger partial charge in [0.05, 0.1) is 5.56 Å². The Balaban J connectivity index is 1.59. The molecule has 0 saturated carbocycles. The van der Waals surface area contributed by atoms with E-state index >= 15 is 0 Å². The van der Waals surface area contributed by atoms with Crippen LogP contribution in [-0.4, -0.2) is 25.8 Å². The Hall–Kier alpha value is -3.78. The number of hydrazine groups is 1. The number of aryl methyl sites for hydroxylation is 2. The van der Waals surface area contributed by atoms with Crippen LogP contribution in [0, 0.1) is 0 Å². The number of hydrogen-bond donors (Lipinski definition) is 2. The third-order valence-electron chi connectivity index (χ3n) is 5.82. The van der Waals surface area contributed by atoms with Gasteiger partial charge >= 0.3 is 0 Å². The second kappa shape index (κ2) is 6.88. The van der Waals surface area contributed by atoms with Crippen molar-refractivity contribution in [2.24, 2.45) is 0 Å². The molecule has 3 N–H and O–H groups in total. The Bertz CT molecular complexity index is 1340. The zero-order chi connectivity index (χ0) is 20.9. The molecule has 0 saturated heterocycles. The van der Waals surface area contributed by atoms with E-state index in [2.05, 4.69) is 28.6 Å². The molecule has 1 aliphatic carbocycles. The minimum absolute atomic E-state index is 0.407.